The van der Waals surface area contributed by atoms with Gasteiger partial charge in [0, 0.05) is 42.1 Å². The summed E-state index contributed by atoms with van der Waals surface area (Å²) in [7, 11) is 0. The van der Waals surface area contributed by atoms with Gasteiger partial charge < -0.3 is 4.90 Å². The van der Waals surface area contributed by atoms with Crippen molar-refractivity contribution in [2.75, 3.05) is 4.90 Å². The van der Waals surface area contributed by atoms with Gasteiger partial charge in [-0.3, -0.25) is 4.79 Å². The zero-order valence-electron chi connectivity index (χ0n) is 22.4. The molecule has 5 rings (SSSR count). The molecule has 0 unspecified atom stereocenters. The van der Waals surface area contributed by atoms with Crippen molar-refractivity contribution < 1.29 is 4.79 Å². The summed E-state index contributed by atoms with van der Waals surface area (Å²) in [6.07, 6.45) is 3.99. The van der Waals surface area contributed by atoms with Crippen molar-refractivity contribution in [3.05, 3.63) is 124 Å². The second kappa shape index (κ2) is 13.1. The van der Waals surface area contributed by atoms with Crippen LogP contribution in [-0.4, -0.2) is 6.29 Å². The van der Waals surface area contributed by atoms with Gasteiger partial charge in [-0.1, -0.05) is 24.3 Å². The van der Waals surface area contributed by atoms with E-state index in [1.54, 1.807) is 24.3 Å². The van der Waals surface area contributed by atoms with Crippen molar-refractivity contribution in [1.82, 2.24) is 0 Å². The van der Waals surface area contributed by atoms with Crippen molar-refractivity contribution in [3.63, 3.8) is 0 Å². The first-order chi connectivity index (χ1) is 21.0. The van der Waals surface area contributed by atoms with E-state index in [4.69, 9.17) is 21.0 Å². The Morgan fingerprint density at radius 1 is 0.535 bits per heavy atom. The largest absolute Gasteiger partial charge is 0.311 e. The number of carbonyl (C=O) groups excluding carboxylic acids is 1. The van der Waals surface area contributed by atoms with E-state index < -0.39 is 0 Å². The summed E-state index contributed by atoms with van der Waals surface area (Å²) < 4.78 is 0. The second-order valence-electron chi connectivity index (χ2n) is 9.11. The topological polar surface area (TPSA) is 115 Å². The molecule has 3 aromatic carbocycles. The number of rotatable bonds is 8. The standard InChI is InChI=1S/C35H19N5OS2/c36-19-25(20-37)17-32-13-15-34(42-32)27-3-9-30(10-4-27)40(29-7-1-24(23-41)2-8-29)31-11-5-28(6-12-31)35-16-14-33(43-35)18-26(21-38)22-39/h1-18,23H. The lowest BCUT2D eigenvalue weighted by Gasteiger charge is -2.26. The summed E-state index contributed by atoms with van der Waals surface area (Å²) >= 11 is 3.01. The van der Waals surface area contributed by atoms with Crippen LogP contribution in [-0.2, 0) is 0 Å². The summed E-state index contributed by atoms with van der Waals surface area (Å²) in [6, 6.07) is 38.9. The summed E-state index contributed by atoms with van der Waals surface area (Å²) in [5.74, 6) is 0. The molecule has 0 bridgehead atoms. The van der Waals surface area contributed by atoms with E-state index in [-0.39, 0.29) is 11.1 Å². The molecule has 43 heavy (non-hydrogen) atoms. The maximum Gasteiger partial charge on any atom is 0.150 e. The van der Waals surface area contributed by atoms with Crippen molar-refractivity contribution in [1.29, 1.82) is 21.0 Å². The van der Waals surface area contributed by atoms with Gasteiger partial charge in [0.15, 0.2) is 0 Å². The Bertz CT molecular complexity index is 1860. The fourth-order valence-corrected chi connectivity index (χ4v) is 6.25. The third kappa shape index (κ3) is 6.49. The van der Waals surface area contributed by atoms with Crippen LogP contribution >= 0.6 is 22.7 Å². The van der Waals surface area contributed by atoms with E-state index >= 15 is 0 Å². The molecule has 2 heterocycles. The highest BCUT2D eigenvalue weighted by molar-refractivity contribution is 7.16. The molecule has 6 nitrogen and oxygen atoms in total. The lowest BCUT2D eigenvalue weighted by atomic mass is 10.1. The van der Waals surface area contributed by atoms with Gasteiger partial charge in [-0.25, -0.2) is 0 Å². The maximum absolute atomic E-state index is 11.3. The first-order valence-corrected chi connectivity index (χ1v) is 14.5. The molecular formula is C35H19N5OS2. The first kappa shape index (κ1) is 28.5. The molecule has 0 aliphatic heterocycles. The third-order valence-corrected chi connectivity index (χ3v) is 8.58. The number of hydrogen-bond donors (Lipinski definition) is 0. The van der Waals surface area contributed by atoms with Crippen molar-refractivity contribution in [3.8, 4) is 45.2 Å². The van der Waals surface area contributed by atoms with E-state index in [9.17, 15) is 4.79 Å². The summed E-state index contributed by atoms with van der Waals surface area (Å²) in [6.45, 7) is 0. The summed E-state index contributed by atoms with van der Waals surface area (Å²) in [4.78, 5) is 17.1. The fraction of sp³-hybridized carbons (Fsp3) is 0. The first-order valence-electron chi connectivity index (χ1n) is 12.8. The summed E-state index contributed by atoms with van der Waals surface area (Å²) in [5.41, 5.74) is 5.47. The smallest absolute Gasteiger partial charge is 0.150 e. The fourth-order valence-electron chi connectivity index (χ4n) is 4.33. The van der Waals surface area contributed by atoms with Crippen LogP contribution in [0.1, 0.15) is 20.1 Å². The number of aldehydes is 1. The average Bonchev–Trinajstić information content (AvgIpc) is 3.73. The van der Waals surface area contributed by atoms with Crippen LogP contribution in [0.5, 0.6) is 0 Å². The van der Waals surface area contributed by atoms with Crippen LogP contribution in [0.2, 0.25) is 0 Å². The molecule has 2 aromatic heterocycles. The SMILES string of the molecule is N#CC(C#N)=Cc1ccc(-c2ccc(N(c3ccc(C=O)cc3)c3ccc(-c4ccc(C=C(C#N)C#N)s4)cc3)cc2)s1. The van der Waals surface area contributed by atoms with Gasteiger partial charge >= 0.3 is 0 Å². The average molecular weight is 590 g/mol. The van der Waals surface area contributed by atoms with E-state index in [1.165, 1.54) is 22.7 Å². The zero-order chi connectivity index (χ0) is 30.2. The highest BCUT2D eigenvalue weighted by Crippen LogP contribution is 2.38. The van der Waals surface area contributed by atoms with Gasteiger partial charge in [0.25, 0.3) is 0 Å². The number of carbonyl (C=O) groups is 1. The number of allylic oxidation sites excluding steroid dienone is 2. The molecule has 0 spiro atoms. The monoisotopic (exact) mass is 589 g/mol. The number of hydrogen-bond acceptors (Lipinski definition) is 8. The Labute approximate surface area is 256 Å². The van der Waals surface area contributed by atoms with E-state index in [0.29, 0.717) is 5.56 Å². The quantitative estimate of drug-likeness (QED) is 0.132. The Morgan fingerprint density at radius 3 is 1.26 bits per heavy atom. The molecule has 0 aliphatic rings. The molecule has 8 heteroatoms. The highest BCUT2D eigenvalue weighted by atomic mass is 32.1. The molecular weight excluding hydrogens is 571 g/mol. The van der Waals surface area contributed by atoms with Crippen molar-refractivity contribution in [2.24, 2.45) is 0 Å². The minimum absolute atomic E-state index is 0.0643. The molecule has 0 saturated carbocycles. The van der Waals surface area contributed by atoms with Crippen LogP contribution < -0.4 is 4.90 Å². The van der Waals surface area contributed by atoms with Crippen molar-refractivity contribution in [2.45, 2.75) is 0 Å². The Morgan fingerprint density at radius 2 is 0.907 bits per heavy atom. The molecule has 0 N–H and O–H groups in total. The van der Waals surface area contributed by atoms with E-state index in [2.05, 4.69) is 4.90 Å². The van der Waals surface area contributed by atoms with Crippen LogP contribution in [0.4, 0.5) is 17.1 Å². The number of anilines is 3. The number of nitrogens with zero attached hydrogens (tertiary/aromatic N) is 5. The summed E-state index contributed by atoms with van der Waals surface area (Å²) in [5, 5.41) is 36.2. The zero-order valence-corrected chi connectivity index (χ0v) is 24.1. The molecule has 202 valence electrons. The third-order valence-electron chi connectivity index (χ3n) is 6.42. The lowest BCUT2D eigenvalue weighted by Crippen LogP contribution is -2.09. The molecule has 0 aliphatic carbocycles. The Balaban J connectivity index is 1.47. The van der Waals surface area contributed by atoms with Crippen LogP contribution in [0.15, 0.2) is 108 Å². The minimum atomic E-state index is 0.0643. The highest BCUT2D eigenvalue weighted by Gasteiger charge is 2.14. The molecule has 0 amide bonds. The van der Waals surface area contributed by atoms with Crippen LogP contribution in [0.25, 0.3) is 33.0 Å². The number of thiophene rings is 2. The molecule has 0 saturated heterocycles. The number of benzene rings is 3. The lowest BCUT2D eigenvalue weighted by molar-refractivity contribution is 0.112. The predicted molar refractivity (Wildman–Crippen MR) is 172 cm³/mol. The van der Waals surface area contributed by atoms with E-state index in [0.717, 1.165) is 54.0 Å². The maximum atomic E-state index is 11.3. The molecule has 0 fully saturated rings. The van der Waals surface area contributed by atoms with Gasteiger partial charge in [0.2, 0.25) is 0 Å². The second-order valence-corrected chi connectivity index (χ2v) is 11.3. The van der Waals surface area contributed by atoms with Crippen LogP contribution in [0.3, 0.4) is 0 Å². The van der Waals surface area contributed by atoms with Gasteiger partial charge in [0.05, 0.1) is 0 Å². The van der Waals surface area contributed by atoms with Gasteiger partial charge in [-0.2, -0.15) is 21.0 Å². The van der Waals surface area contributed by atoms with Crippen molar-refractivity contribution >= 4 is 58.2 Å². The molecule has 5 aromatic rings. The minimum Gasteiger partial charge on any atom is -0.311 e. The Hall–Kier alpha value is -6.03. The number of nitriles is 4. The van der Waals surface area contributed by atoms with Gasteiger partial charge in [0.1, 0.15) is 41.7 Å². The normalized spacial score (nSPS) is 9.86. The van der Waals surface area contributed by atoms with Gasteiger partial charge in [-0.05, 0) is 96.1 Å². The Kier molecular flexibility index (Phi) is 8.67. The van der Waals surface area contributed by atoms with Crippen LogP contribution in [0, 0.1) is 45.3 Å². The van der Waals surface area contributed by atoms with Gasteiger partial charge in [-0.15, -0.1) is 22.7 Å². The molecule has 0 radical (unpaired) electrons. The van der Waals surface area contributed by atoms with E-state index in [1.807, 2.05) is 109 Å². The predicted octanol–water partition coefficient (Wildman–Crippen LogP) is 9.29. The molecule has 0 atom stereocenters.